The zero-order chi connectivity index (χ0) is 12.8. The molecule has 0 aliphatic heterocycles. The van der Waals surface area contributed by atoms with Crippen molar-refractivity contribution in [1.29, 1.82) is 0 Å². The minimum atomic E-state index is -0.488. The van der Waals surface area contributed by atoms with Gasteiger partial charge in [-0.15, -0.1) is 0 Å². The molecule has 0 aromatic heterocycles. The highest BCUT2D eigenvalue weighted by Gasteiger charge is 2.14. The van der Waals surface area contributed by atoms with Crippen LogP contribution >= 0.6 is 0 Å². The Morgan fingerprint density at radius 2 is 2.12 bits per heavy atom. The number of para-hydroxylation sites is 1. The summed E-state index contributed by atoms with van der Waals surface area (Å²) in [7, 11) is 3.46. The highest BCUT2D eigenvalue weighted by molar-refractivity contribution is 5.81. The number of carbonyl (C=O) groups excluding carboxylic acids is 1. The third kappa shape index (κ3) is 3.46. The molecular formula is C13H20N2O2. The van der Waals surface area contributed by atoms with Gasteiger partial charge >= 0.3 is 0 Å². The molecule has 1 amide bonds. The van der Waals surface area contributed by atoms with E-state index in [9.17, 15) is 9.90 Å². The zero-order valence-corrected chi connectivity index (χ0v) is 10.6. The quantitative estimate of drug-likeness (QED) is 0.810. The first-order valence-electron chi connectivity index (χ1n) is 5.78. The van der Waals surface area contributed by atoms with Crippen molar-refractivity contribution in [2.24, 2.45) is 0 Å². The van der Waals surface area contributed by atoms with Gasteiger partial charge < -0.3 is 15.3 Å². The summed E-state index contributed by atoms with van der Waals surface area (Å²) in [6.45, 7) is 2.21. The molecule has 0 saturated carbocycles. The summed E-state index contributed by atoms with van der Waals surface area (Å²) in [6, 6.07) is 7.61. The van der Waals surface area contributed by atoms with Gasteiger partial charge in [0.05, 0.1) is 12.6 Å². The maximum absolute atomic E-state index is 11.3. The van der Waals surface area contributed by atoms with Gasteiger partial charge in [-0.1, -0.05) is 25.1 Å². The fourth-order valence-corrected chi connectivity index (χ4v) is 1.72. The SMILES string of the molecule is CC[C@@H](O)c1ccccc1N(C)CC(=O)NC. The number of amides is 1. The van der Waals surface area contributed by atoms with Crippen molar-refractivity contribution in [1.82, 2.24) is 5.32 Å². The molecule has 2 N–H and O–H groups in total. The van der Waals surface area contributed by atoms with E-state index in [-0.39, 0.29) is 12.5 Å². The summed E-state index contributed by atoms with van der Waals surface area (Å²) in [6.07, 6.45) is 0.170. The Morgan fingerprint density at radius 3 is 2.71 bits per heavy atom. The molecule has 17 heavy (non-hydrogen) atoms. The Morgan fingerprint density at radius 1 is 1.47 bits per heavy atom. The van der Waals surface area contributed by atoms with Gasteiger partial charge in [0.25, 0.3) is 0 Å². The number of likely N-dealkylation sites (N-methyl/N-ethyl adjacent to an activating group) is 2. The number of benzene rings is 1. The average Bonchev–Trinajstić information content (AvgIpc) is 2.37. The Kier molecular flexibility index (Phi) is 4.97. The summed E-state index contributed by atoms with van der Waals surface area (Å²) in [4.78, 5) is 13.2. The van der Waals surface area contributed by atoms with Gasteiger partial charge in [-0.2, -0.15) is 0 Å². The van der Waals surface area contributed by atoms with Crippen LogP contribution in [0.25, 0.3) is 0 Å². The standard InChI is InChI=1S/C13H20N2O2/c1-4-12(16)10-7-5-6-8-11(10)15(3)9-13(17)14-2/h5-8,12,16H,4,9H2,1-3H3,(H,14,17)/t12-/m1/s1. The highest BCUT2D eigenvalue weighted by Crippen LogP contribution is 2.27. The fraction of sp³-hybridized carbons (Fsp3) is 0.462. The largest absolute Gasteiger partial charge is 0.388 e. The number of nitrogens with one attached hydrogen (secondary N) is 1. The smallest absolute Gasteiger partial charge is 0.239 e. The number of aliphatic hydroxyl groups excluding tert-OH is 1. The molecule has 0 aliphatic rings. The van der Waals surface area contributed by atoms with Crippen molar-refractivity contribution in [3.63, 3.8) is 0 Å². The van der Waals surface area contributed by atoms with E-state index in [0.717, 1.165) is 11.3 Å². The molecule has 0 aliphatic carbocycles. The monoisotopic (exact) mass is 236 g/mol. The number of hydrogen-bond acceptors (Lipinski definition) is 3. The first-order chi connectivity index (χ1) is 8.10. The van der Waals surface area contributed by atoms with E-state index < -0.39 is 6.10 Å². The van der Waals surface area contributed by atoms with E-state index in [0.29, 0.717) is 6.42 Å². The van der Waals surface area contributed by atoms with E-state index in [1.807, 2.05) is 43.1 Å². The van der Waals surface area contributed by atoms with Gasteiger partial charge in [0.15, 0.2) is 0 Å². The maximum Gasteiger partial charge on any atom is 0.239 e. The van der Waals surface area contributed by atoms with Gasteiger partial charge in [0.1, 0.15) is 0 Å². The van der Waals surface area contributed by atoms with Crippen LogP contribution in [0, 0.1) is 0 Å². The van der Waals surface area contributed by atoms with Crippen LogP contribution < -0.4 is 10.2 Å². The molecule has 0 unspecified atom stereocenters. The molecule has 0 radical (unpaired) electrons. The molecule has 0 fully saturated rings. The summed E-state index contributed by atoms with van der Waals surface area (Å²) >= 11 is 0. The number of aliphatic hydroxyl groups is 1. The third-order valence-corrected chi connectivity index (χ3v) is 2.75. The maximum atomic E-state index is 11.3. The van der Waals surface area contributed by atoms with Crippen molar-refractivity contribution in [3.8, 4) is 0 Å². The van der Waals surface area contributed by atoms with Crippen molar-refractivity contribution < 1.29 is 9.90 Å². The molecule has 1 atom stereocenters. The Hall–Kier alpha value is -1.55. The number of rotatable bonds is 5. The second kappa shape index (κ2) is 6.25. The van der Waals surface area contributed by atoms with Crippen molar-refractivity contribution in [3.05, 3.63) is 29.8 Å². The lowest BCUT2D eigenvalue weighted by Gasteiger charge is -2.23. The van der Waals surface area contributed by atoms with Crippen molar-refractivity contribution >= 4 is 11.6 Å². The van der Waals surface area contributed by atoms with E-state index in [4.69, 9.17) is 0 Å². The molecule has 0 spiro atoms. The Bertz CT molecular complexity index is 379. The van der Waals surface area contributed by atoms with Gasteiger partial charge in [-0.05, 0) is 12.5 Å². The van der Waals surface area contributed by atoms with E-state index >= 15 is 0 Å². The van der Waals surface area contributed by atoms with Crippen LogP contribution in [-0.4, -0.2) is 31.7 Å². The molecular weight excluding hydrogens is 216 g/mol. The van der Waals surface area contributed by atoms with Gasteiger partial charge in [-0.25, -0.2) is 0 Å². The second-order valence-electron chi connectivity index (χ2n) is 4.01. The van der Waals surface area contributed by atoms with Crippen LogP contribution in [0.15, 0.2) is 24.3 Å². The molecule has 4 heteroatoms. The molecule has 0 heterocycles. The Labute approximate surface area is 102 Å². The van der Waals surface area contributed by atoms with Crippen LogP contribution in [0.5, 0.6) is 0 Å². The summed E-state index contributed by atoms with van der Waals surface area (Å²) in [5, 5.41) is 12.5. The lowest BCUT2D eigenvalue weighted by molar-refractivity contribution is -0.119. The number of hydrogen-bond donors (Lipinski definition) is 2. The second-order valence-corrected chi connectivity index (χ2v) is 4.01. The van der Waals surface area contributed by atoms with Gasteiger partial charge in [0.2, 0.25) is 5.91 Å². The number of nitrogens with zero attached hydrogens (tertiary/aromatic N) is 1. The summed E-state index contributed by atoms with van der Waals surface area (Å²) in [5.41, 5.74) is 1.76. The predicted molar refractivity (Wildman–Crippen MR) is 69.0 cm³/mol. The highest BCUT2D eigenvalue weighted by atomic mass is 16.3. The van der Waals surface area contributed by atoms with Crippen LogP contribution in [-0.2, 0) is 4.79 Å². The minimum absolute atomic E-state index is 0.0479. The lowest BCUT2D eigenvalue weighted by Crippen LogP contribution is -2.33. The fourth-order valence-electron chi connectivity index (χ4n) is 1.72. The van der Waals surface area contributed by atoms with Crippen LogP contribution in [0.3, 0.4) is 0 Å². The number of carbonyl (C=O) groups is 1. The van der Waals surface area contributed by atoms with E-state index in [1.165, 1.54) is 0 Å². The third-order valence-electron chi connectivity index (χ3n) is 2.75. The predicted octanol–water partition coefficient (Wildman–Crippen LogP) is 1.31. The van der Waals surface area contributed by atoms with E-state index in [1.54, 1.807) is 7.05 Å². The average molecular weight is 236 g/mol. The van der Waals surface area contributed by atoms with E-state index in [2.05, 4.69) is 5.32 Å². The first kappa shape index (κ1) is 13.5. The Balaban J connectivity index is 2.92. The normalized spacial score (nSPS) is 12.0. The summed E-state index contributed by atoms with van der Waals surface area (Å²) in [5.74, 6) is -0.0479. The topological polar surface area (TPSA) is 52.6 Å². The van der Waals surface area contributed by atoms with Gasteiger partial charge in [-0.3, -0.25) is 4.79 Å². The van der Waals surface area contributed by atoms with Crippen LogP contribution in [0.2, 0.25) is 0 Å². The molecule has 1 aromatic rings. The van der Waals surface area contributed by atoms with Gasteiger partial charge in [0, 0.05) is 25.3 Å². The lowest BCUT2D eigenvalue weighted by atomic mass is 10.0. The minimum Gasteiger partial charge on any atom is -0.388 e. The first-order valence-corrected chi connectivity index (χ1v) is 5.78. The molecule has 0 saturated heterocycles. The zero-order valence-electron chi connectivity index (χ0n) is 10.6. The molecule has 4 nitrogen and oxygen atoms in total. The van der Waals surface area contributed by atoms with Crippen LogP contribution in [0.1, 0.15) is 25.0 Å². The molecule has 94 valence electrons. The summed E-state index contributed by atoms with van der Waals surface area (Å²) < 4.78 is 0. The van der Waals surface area contributed by atoms with Crippen molar-refractivity contribution in [2.75, 3.05) is 25.5 Å². The molecule has 1 aromatic carbocycles. The number of anilines is 1. The molecule has 1 rings (SSSR count). The van der Waals surface area contributed by atoms with Crippen LogP contribution in [0.4, 0.5) is 5.69 Å². The van der Waals surface area contributed by atoms with Crippen molar-refractivity contribution in [2.45, 2.75) is 19.4 Å². The molecule has 0 bridgehead atoms.